The number of carbonyl (C=O) groups excluding carboxylic acids is 4. The van der Waals surface area contributed by atoms with Crippen molar-refractivity contribution >= 4 is 47.0 Å². The molecule has 0 saturated heterocycles. The third kappa shape index (κ3) is 15.4. The van der Waals surface area contributed by atoms with Gasteiger partial charge in [0, 0.05) is 69.1 Å². The largest absolute Gasteiger partial charge is 0.466 e. The Hall–Kier alpha value is -6.36. The minimum atomic E-state index is -0.344. The molecular weight excluding hydrogens is 860 g/mol. The normalized spacial score (nSPS) is 10.5. The van der Waals surface area contributed by atoms with Gasteiger partial charge in [-0.3, -0.25) is 19.2 Å². The van der Waals surface area contributed by atoms with Crippen LogP contribution in [-0.4, -0.2) is 56.7 Å². The molecule has 0 radical (unpaired) electrons. The van der Waals surface area contributed by atoms with Gasteiger partial charge in [-0.1, -0.05) is 139 Å². The summed E-state index contributed by atoms with van der Waals surface area (Å²) in [6, 6.07) is 35.7. The van der Waals surface area contributed by atoms with Gasteiger partial charge in [0.2, 0.25) is 11.8 Å². The molecule has 65 heavy (non-hydrogen) atoms. The molecule has 0 aliphatic carbocycles. The van der Waals surface area contributed by atoms with E-state index in [1.54, 1.807) is 45.0 Å². The van der Waals surface area contributed by atoms with Crippen molar-refractivity contribution in [3.8, 4) is 22.3 Å². The van der Waals surface area contributed by atoms with E-state index in [4.69, 9.17) is 32.7 Å². The molecule has 6 rings (SSSR count). The molecule has 0 fully saturated rings. The van der Waals surface area contributed by atoms with E-state index >= 15 is 0 Å². The standard InChI is InChI=1S/2C26H27ClN2O3.CH4/c1-4-32-25(31)14-21-13-22(15-28-26(21)27)24-11-10-18(2)12-23(24)17-29(19(3)30)16-20-8-6-5-7-9-20;1-4-32-25(31)14-21-13-24(26(27)28-15-21)23-11-10-18(2)12-22(23)17-29(19(3)30)16-20-8-6-5-7-9-20;/h2*5-13,15H,4,14,16-17H2,1-3H3;1H4. The van der Waals surface area contributed by atoms with Crippen LogP contribution in [0.4, 0.5) is 0 Å². The van der Waals surface area contributed by atoms with Crippen molar-refractivity contribution in [2.24, 2.45) is 0 Å². The molecule has 0 aliphatic rings. The van der Waals surface area contributed by atoms with Gasteiger partial charge < -0.3 is 19.3 Å². The summed E-state index contributed by atoms with van der Waals surface area (Å²) in [6.45, 7) is 13.3. The van der Waals surface area contributed by atoms with Gasteiger partial charge in [-0.05, 0) is 78.8 Å². The van der Waals surface area contributed by atoms with Crippen molar-refractivity contribution in [2.45, 2.75) is 88.0 Å². The maximum Gasteiger partial charge on any atom is 0.310 e. The number of carbonyl (C=O) groups is 4. The summed E-state index contributed by atoms with van der Waals surface area (Å²) in [5, 5.41) is 0.630. The van der Waals surface area contributed by atoms with Crippen LogP contribution < -0.4 is 0 Å². The third-order valence-corrected chi connectivity index (χ3v) is 10.9. The van der Waals surface area contributed by atoms with Gasteiger partial charge in [0.25, 0.3) is 0 Å². The van der Waals surface area contributed by atoms with E-state index in [1.165, 1.54) is 0 Å². The van der Waals surface area contributed by atoms with Crippen molar-refractivity contribution in [1.82, 2.24) is 19.8 Å². The minimum Gasteiger partial charge on any atom is -0.466 e. The number of rotatable bonds is 16. The molecule has 6 aromatic rings. The number of pyridine rings is 2. The van der Waals surface area contributed by atoms with Crippen molar-refractivity contribution < 1.29 is 28.7 Å². The van der Waals surface area contributed by atoms with Gasteiger partial charge in [-0.25, -0.2) is 9.97 Å². The van der Waals surface area contributed by atoms with E-state index in [-0.39, 0.29) is 49.2 Å². The van der Waals surface area contributed by atoms with Gasteiger partial charge in [0.05, 0.1) is 26.1 Å². The Morgan fingerprint density at radius 1 is 0.523 bits per heavy atom. The first-order valence-electron chi connectivity index (χ1n) is 21.1. The highest BCUT2D eigenvalue weighted by Gasteiger charge is 2.19. The first-order valence-corrected chi connectivity index (χ1v) is 21.9. The summed E-state index contributed by atoms with van der Waals surface area (Å²) < 4.78 is 10.1. The quantitative estimate of drug-likeness (QED) is 0.0695. The van der Waals surface area contributed by atoms with Crippen LogP contribution in [0.25, 0.3) is 22.3 Å². The summed E-state index contributed by atoms with van der Waals surface area (Å²) in [5.41, 5.74) is 11.0. The highest BCUT2D eigenvalue weighted by atomic mass is 35.5. The first kappa shape index (κ1) is 51.3. The van der Waals surface area contributed by atoms with Gasteiger partial charge in [0.15, 0.2) is 0 Å². The Bertz CT molecular complexity index is 2550. The van der Waals surface area contributed by atoms with E-state index in [0.717, 1.165) is 61.2 Å². The predicted octanol–water partition coefficient (Wildman–Crippen LogP) is 11.4. The topological polar surface area (TPSA) is 119 Å². The van der Waals surface area contributed by atoms with E-state index in [1.807, 2.05) is 116 Å². The van der Waals surface area contributed by atoms with Crippen molar-refractivity contribution in [3.05, 3.63) is 176 Å². The molecule has 2 heterocycles. The monoisotopic (exact) mass is 916 g/mol. The lowest BCUT2D eigenvalue weighted by atomic mass is 9.97. The van der Waals surface area contributed by atoms with Gasteiger partial charge in [-0.15, -0.1) is 0 Å². The van der Waals surface area contributed by atoms with E-state index in [0.29, 0.717) is 50.1 Å². The SMILES string of the molecule is C.CCOC(=O)Cc1cc(-c2ccc(C)cc2CN(Cc2ccccc2)C(C)=O)cnc1Cl.CCOC(=O)Cc1cnc(Cl)c(-c2ccc(C)cc2CN(Cc2ccccc2)C(C)=O)c1. The molecule has 0 aliphatic heterocycles. The van der Waals surface area contributed by atoms with Crippen molar-refractivity contribution in [3.63, 3.8) is 0 Å². The summed E-state index contributed by atoms with van der Waals surface area (Å²) in [7, 11) is 0. The molecule has 0 atom stereocenters. The van der Waals surface area contributed by atoms with E-state index < -0.39 is 0 Å². The molecule has 10 nitrogen and oxygen atoms in total. The number of nitrogens with zero attached hydrogens (tertiary/aromatic N) is 4. The van der Waals surface area contributed by atoms with Crippen LogP contribution in [0.15, 0.2) is 122 Å². The van der Waals surface area contributed by atoms with Gasteiger partial charge in [-0.2, -0.15) is 0 Å². The van der Waals surface area contributed by atoms with E-state index in [2.05, 4.69) is 22.1 Å². The van der Waals surface area contributed by atoms with E-state index in [9.17, 15) is 19.2 Å². The van der Waals surface area contributed by atoms with Crippen LogP contribution in [0.1, 0.15) is 79.6 Å². The second-order valence-electron chi connectivity index (χ2n) is 15.4. The van der Waals surface area contributed by atoms with Crippen LogP contribution in [0.5, 0.6) is 0 Å². The number of hydrogen-bond acceptors (Lipinski definition) is 8. The van der Waals surface area contributed by atoms with Crippen LogP contribution in [0, 0.1) is 13.8 Å². The summed E-state index contributed by atoms with van der Waals surface area (Å²) in [6.07, 6.45) is 3.47. The number of benzene rings is 4. The zero-order valence-corrected chi connectivity index (χ0v) is 38.7. The number of hydrogen-bond donors (Lipinski definition) is 0. The molecule has 0 bridgehead atoms. The lowest BCUT2D eigenvalue weighted by molar-refractivity contribution is -0.143. The van der Waals surface area contributed by atoms with Crippen molar-refractivity contribution in [1.29, 1.82) is 0 Å². The molecule has 4 aromatic carbocycles. The Labute approximate surface area is 393 Å². The first-order chi connectivity index (χ1) is 30.7. The fourth-order valence-electron chi connectivity index (χ4n) is 7.12. The second kappa shape index (κ2) is 25.2. The average Bonchev–Trinajstić information content (AvgIpc) is 3.26. The summed E-state index contributed by atoms with van der Waals surface area (Å²) >= 11 is 12.7. The maximum absolute atomic E-state index is 12.4. The highest BCUT2D eigenvalue weighted by Crippen LogP contribution is 2.33. The summed E-state index contributed by atoms with van der Waals surface area (Å²) in [5.74, 6) is -0.666. The lowest BCUT2D eigenvalue weighted by Crippen LogP contribution is -2.28. The molecule has 0 saturated carbocycles. The zero-order chi connectivity index (χ0) is 46.2. The van der Waals surface area contributed by atoms with Gasteiger partial charge in [0.1, 0.15) is 10.3 Å². The second-order valence-corrected chi connectivity index (χ2v) is 16.1. The number of aryl methyl sites for hydroxylation is 2. The minimum absolute atomic E-state index is 0. The van der Waals surface area contributed by atoms with Crippen LogP contribution in [0.2, 0.25) is 10.3 Å². The van der Waals surface area contributed by atoms with Crippen LogP contribution >= 0.6 is 23.2 Å². The number of esters is 2. The smallest absolute Gasteiger partial charge is 0.310 e. The predicted molar refractivity (Wildman–Crippen MR) is 259 cm³/mol. The molecule has 340 valence electrons. The Kier molecular flexibility index (Phi) is 19.9. The molecule has 0 N–H and O–H groups in total. The molecule has 0 unspecified atom stereocenters. The highest BCUT2D eigenvalue weighted by molar-refractivity contribution is 6.32. The number of amides is 2. The van der Waals surface area contributed by atoms with Crippen LogP contribution in [0.3, 0.4) is 0 Å². The molecule has 12 heteroatoms. The Morgan fingerprint density at radius 3 is 1.51 bits per heavy atom. The number of aromatic nitrogens is 2. The molecule has 2 aromatic heterocycles. The molecule has 0 spiro atoms. The maximum atomic E-state index is 12.4. The molecule has 2 amide bonds. The summed E-state index contributed by atoms with van der Waals surface area (Å²) in [4.78, 5) is 60.9. The Morgan fingerprint density at radius 2 is 1.00 bits per heavy atom. The number of ether oxygens (including phenoxy) is 2. The Balaban J connectivity index is 0.000000280. The van der Waals surface area contributed by atoms with Crippen LogP contribution in [-0.2, 0) is 67.7 Å². The third-order valence-electron chi connectivity index (χ3n) is 10.3. The van der Waals surface area contributed by atoms with Crippen molar-refractivity contribution in [2.75, 3.05) is 13.2 Å². The molecular formula is C53H58Cl2N4O6. The number of halogens is 2. The average molecular weight is 918 g/mol. The lowest BCUT2D eigenvalue weighted by Gasteiger charge is -2.23. The zero-order valence-electron chi connectivity index (χ0n) is 37.2. The fraction of sp³-hybridized carbons (Fsp3) is 0.283. The van der Waals surface area contributed by atoms with Gasteiger partial charge >= 0.3 is 11.9 Å². The fourth-order valence-corrected chi connectivity index (χ4v) is 7.49.